The van der Waals surface area contributed by atoms with Crippen molar-refractivity contribution in [3.63, 3.8) is 0 Å². The molecule has 2 aromatic carbocycles. The maximum Gasteiger partial charge on any atom is 0.276 e. The van der Waals surface area contributed by atoms with Crippen LogP contribution in [0.5, 0.6) is 0 Å². The zero-order valence-corrected chi connectivity index (χ0v) is 15.6. The maximum atomic E-state index is 13.0. The Bertz CT molecular complexity index is 1170. The second-order valence-corrected chi connectivity index (χ2v) is 7.33. The molecule has 3 heterocycles. The van der Waals surface area contributed by atoms with Crippen molar-refractivity contribution in [2.45, 2.75) is 11.9 Å². The maximum absolute atomic E-state index is 13.0. The van der Waals surface area contributed by atoms with E-state index in [1.54, 1.807) is 11.3 Å². The first-order valence-electron chi connectivity index (χ1n) is 8.86. The van der Waals surface area contributed by atoms with E-state index >= 15 is 0 Å². The largest absolute Gasteiger partial charge is 0.465 e. The average molecular weight is 388 g/mol. The fraction of sp³-hybridized carbons (Fsp3) is 0.0952. The monoisotopic (exact) mass is 388 g/mol. The number of carbonyl (C=O) groups is 1. The number of hydrogen-bond acceptors (Lipinski definition) is 6. The number of benzene rings is 2. The number of amides is 1. The zero-order valence-electron chi connectivity index (χ0n) is 14.8. The lowest BCUT2D eigenvalue weighted by Crippen LogP contribution is -2.50. The summed E-state index contributed by atoms with van der Waals surface area (Å²) < 4.78 is 5.58. The molecule has 1 atom stereocenters. The molecule has 0 aliphatic carbocycles. The van der Waals surface area contributed by atoms with Gasteiger partial charge >= 0.3 is 0 Å². The molecule has 0 radical (unpaired) electrons. The van der Waals surface area contributed by atoms with Crippen molar-refractivity contribution in [1.82, 2.24) is 10.3 Å². The Labute approximate surface area is 165 Å². The van der Waals surface area contributed by atoms with Crippen molar-refractivity contribution in [1.29, 1.82) is 0 Å². The summed E-state index contributed by atoms with van der Waals surface area (Å²) in [5, 5.41) is 11.3. The summed E-state index contributed by atoms with van der Waals surface area (Å²) in [6.07, 6.45) is 1.09. The Kier molecular flexibility index (Phi) is 4.21. The standard InChI is InChI=1S/C21H16N4O2S/c26-20-18-15-9-4-5-10-16(15)22-19(17-11-6-12-27-17)25(18)24-21(23-20)28-13-14-7-2-1-3-8-14/h1-12,19H,13H2,(H,23,24,26)/t19-/m0/s1. The highest BCUT2D eigenvalue weighted by Gasteiger charge is 2.35. The Morgan fingerprint density at radius 3 is 2.68 bits per heavy atom. The molecule has 138 valence electrons. The number of furan rings is 1. The number of hydrogen-bond donors (Lipinski definition) is 1. The molecule has 0 saturated carbocycles. The molecule has 0 saturated heterocycles. The third-order valence-electron chi connectivity index (χ3n) is 4.53. The van der Waals surface area contributed by atoms with Gasteiger partial charge in [-0.25, -0.2) is 10.0 Å². The van der Waals surface area contributed by atoms with Gasteiger partial charge in [0.2, 0.25) is 6.17 Å². The van der Waals surface area contributed by atoms with E-state index < -0.39 is 6.17 Å². The van der Waals surface area contributed by atoms with Gasteiger partial charge in [-0.2, -0.15) is 0 Å². The number of hydrazone groups is 1. The summed E-state index contributed by atoms with van der Waals surface area (Å²) in [5.74, 6) is 1.16. The Morgan fingerprint density at radius 1 is 1.04 bits per heavy atom. The van der Waals surface area contributed by atoms with E-state index in [0.717, 1.165) is 16.1 Å². The summed E-state index contributed by atoms with van der Waals surface area (Å²) in [4.78, 5) is 17.7. The van der Waals surface area contributed by atoms with Gasteiger partial charge in [0.25, 0.3) is 5.91 Å². The van der Waals surface area contributed by atoms with Crippen molar-refractivity contribution < 1.29 is 9.21 Å². The number of nitrogens with zero attached hydrogens (tertiary/aromatic N) is 3. The number of thioether (sulfide) groups is 1. The average Bonchev–Trinajstić information content (AvgIpc) is 3.27. The smallest absolute Gasteiger partial charge is 0.276 e. The molecule has 0 unspecified atom stereocenters. The molecule has 3 aromatic rings. The first-order valence-corrected chi connectivity index (χ1v) is 9.85. The minimum Gasteiger partial charge on any atom is -0.465 e. The second-order valence-electron chi connectivity index (χ2n) is 6.36. The molecule has 5 rings (SSSR count). The van der Waals surface area contributed by atoms with Crippen molar-refractivity contribution in [3.8, 4) is 0 Å². The van der Waals surface area contributed by atoms with Crippen LogP contribution in [-0.4, -0.2) is 16.1 Å². The summed E-state index contributed by atoms with van der Waals surface area (Å²) in [5.41, 5.74) is 1.64. The molecule has 1 N–H and O–H groups in total. The van der Waals surface area contributed by atoms with Gasteiger partial charge in [0.1, 0.15) is 11.5 Å². The van der Waals surface area contributed by atoms with Crippen molar-refractivity contribution in [3.05, 3.63) is 94.9 Å². The molecule has 0 bridgehead atoms. The first-order chi connectivity index (χ1) is 13.8. The van der Waals surface area contributed by atoms with Crippen LogP contribution < -0.4 is 15.9 Å². The third kappa shape index (κ3) is 2.99. The van der Waals surface area contributed by atoms with Crippen LogP contribution >= 0.6 is 11.8 Å². The third-order valence-corrected chi connectivity index (χ3v) is 5.47. The van der Waals surface area contributed by atoms with Crippen LogP contribution in [0.3, 0.4) is 0 Å². The second kappa shape index (κ2) is 7.01. The summed E-state index contributed by atoms with van der Waals surface area (Å²) in [6.45, 7) is 0. The van der Waals surface area contributed by atoms with Crippen LogP contribution in [0.15, 0.2) is 87.5 Å². The number of fused-ring (bicyclic) bond motifs is 2. The molecule has 6 nitrogen and oxygen atoms in total. The minimum absolute atomic E-state index is 0.190. The molecule has 2 aliphatic heterocycles. The predicted octanol–water partition coefficient (Wildman–Crippen LogP) is 2.36. The fourth-order valence-electron chi connectivity index (χ4n) is 3.24. The lowest BCUT2D eigenvalue weighted by Gasteiger charge is -2.32. The van der Waals surface area contributed by atoms with Gasteiger partial charge in [-0.1, -0.05) is 60.3 Å². The van der Waals surface area contributed by atoms with Crippen LogP contribution in [0, 0.1) is 0 Å². The van der Waals surface area contributed by atoms with Gasteiger partial charge in [0.05, 0.1) is 11.6 Å². The first kappa shape index (κ1) is 16.8. The topological polar surface area (TPSA) is 70.2 Å². The Hall–Kier alpha value is -3.32. The highest BCUT2D eigenvalue weighted by atomic mass is 32.2. The van der Waals surface area contributed by atoms with Crippen molar-refractivity contribution in [2.24, 2.45) is 10.1 Å². The van der Waals surface area contributed by atoms with Gasteiger partial charge in [-0.15, -0.1) is 5.10 Å². The zero-order chi connectivity index (χ0) is 18.9. The normalized spacial score (nSPS) is 17.9. The van der Waals surface area contributed by atoms with Crippen molar-refractivity contribution in [2.75, 3.05) is 0 Å². The van der Waals surface area contributed by atoms with Gasteiger partial charge in [-0.05, 0) is 23.8 Å². The Morgan fingerprint density at radius 2 is 1.86 bits per heavy atom. The van der Waals surface area contributed by atoms with Crippen LogP contribution in [0.2, 0.25) is 0 Å². The lowest BCUT2D eigenvalue weighted by molar-refractivity contribution is -0.116. The summed E-state index contributed by atoms with van der Waals surface area (Å²) >= 11 is 1.48. The van der Waals surface area contributed by atoms with Crippen LogP contribution in [-0.2, 0) is 10.5 Å². The predicted molar refractivity (Wildman–Crippen MR) is 107 cm³/mol. The van der Waals surface area contributed by atoms with E-state index in [0.29, 0.717) is 22.4 Å². The molecule has 1 amide bonds. The highest BCUT2D eigenvalue weighted by molar-refractivity contribution is 8.13. The van der Waals surface area contributed by atoms with Crippen LogP contribution in [0.1, 0.15) is 17.5 Å². The van der Waals surface area contributed by atoms with Gasteiger partial charge < -0.3 is 4.42 Å². The number of rotatable bonds is 3. The van der Waals surface area contributed by atoms with Crippen LogP contribution in [0.25, 0.3) is 5.70 Å². The number of para-hydroxylation sites is 1. The van der Waals surface area contributed by atoms with Gasteiger partial charge in [-0.3, -0.25) is 10.1 Å². The van der Waals surface area contributed by atoms with Crippen LogP contribution in [0.4, 0.5) is 0 Å². The molecular weight excluding hydrogens is 372 g/mol. The van der Waals surface area contributed by atoms with E-state index in [2.05, 4.69) is 5.32 Å². The number of nitrogens with one attached hydrogen (secondary N) is 1. The van der Waals surface area contributed by atoms with Gasteiger partial charge in [0.15, 0.2) is 5.17 Å². The van der Waals surface area contributed by atoms with E-state index in [-0.39, 0.29) is 5.91 Å². The van der Waals surface area contributed by atoms with E-state index in [4.69, 9.17) is 14.5 Å². The molecule has 0 spiro atoms. The molecule has 28 heavy (non-hydrogen) atoms. The van der Waals surface area contributed by atoms with Crippen molar-refractivity contribution >= 4 is 28.5 Å². The van der Waals surface area contributed by atoms with E-state index in [1.807, 2.05) is 66.7 Å². The number of amidine groups is 1. The van der Waals surface area contributed by atoms with Gasteiger partial charge in [0, 0.05) is 11.0 Å². The molecule has 7 heteroatoms. The molecule has 2 aliphatic rings. The summed E-state index contributed by atoms with van der Waals surface area (Å²) in [6, 6.07) is 21.3. The Balaban J connectivity index is 1.56. The molecule has 0 fully saturated rings. The quantitative estimate of drug-likeness (QED) is 0.748. The minimum atomic E-state index is -0.515. The van der Waals surface area contributed by atoms with E-state index in [1.165, 1.54) is 11.8 Å². The lowest BCUT2D eigenvalue weighted by atomic mass is 10.1. The van der Waals surface area contributed by atoms with E-state index in [9.17, 15) is 4.79 Å². The summed E-state index contributed by atoms with van der Waals surface area (Å²) in [7, 11) is 0. The highest BCUT2D eigenvalue weighted by Crippen LogP contribution is 2.31. The molecular formula is C21H16N4O2S. The SMILES string of the molecule is O=C1NC(SCc2ccccc2)=NN2C1=c1ccccc1=N[C@@H]2c1ccco1. The number of carbonyl (C=O) groups excluding carboxylic acids is 1. The molecule has 1 aromatic heterocycles. The fourth-order valence-corrected chi connectivity index (χ4v) is 4.05.